The van der Waals surface area contributed by atoms with E-state index in [0.717, 1.165) is 30.5 Å². The highest BCUT2D eigenvalue weighted by atomic mass is 16.5. The zero-order valence-corrected chi connectivity index (χ0v) is 16.8. The highest BCUT2D eigenvalue weighted by molar-refractivity contribution is 5.79. The molecule has 3 rings (SSSR count). The van der Waals surface area contributed by atoms with E-state index >= 15 is 0 Å². The van der Waals surface area contributed by atoms with Gasteiger partial charge in [-0.2, -0.15) is 0 Å². The van der Waals surface area contributed by atoms with Gasteiger partial charge in [-0.25, -0.2) is 0 Å². The number of nitrogens with zero attached hydrogens (tertiary/aromatic N) is 1. The Balaban J connectivity index is 1.62. The Hall–Kier alpha value is -2.60. The smallest absolute Gasteiger partial charge is 0.223 e. The van der Waals surface area contributed by atoms with Gasteiger partial charge in [0.15, 0.2) is 11.5 Å². The maximum Gasteiger partial charge on any atom is 0.223 e. The molecular formula is C22H29N3O3. The first kappa shape index (κ1) is 20.1. The van der Waals surface area contributed by atoms with E-state index in [-0.39, 0.29) is 17.9 Å². The summed E-state index contributed by atoms with van der Waals surface area (Å²) in [6.07, 6.45) is 5.25. The molecule has 3 atom stereocenters. The second-order valence-electron chi connectivity index (χ2n) is 7.36. The number of carbonyl (C=O) groups excluding carboxylic acids is 1. The number of hydrogen-bond donors (Lipinski definition) is 2. The van der Waals surface area contributed by atoms with Crippen molar-refractivity contribution in [3.8, 4) is 11.5 Å². The predicted molar refractivity (Wildman–Crippen MR) is 108 cm³/mol. The summed E-state index contributed by atoms with van der Waals surface area (Å²) in [5.74, 6) is 1.53. The monoisotopic (exact) mass is 383 g/mol. The summed E-state index contributed by atoms with van der Waals surface area (Å²) in [7, 11) is 1.62. The van der Waals surface area contributed by atoms with Gasteiger partial charge in [0.2, 0.25) is 5.91 Å². The number of hydrogen-bond acceptors (Lipinski definition) is 5. The van der Waals surface area contributed by atoms with Crippen molar-refractivity contribution in [2.45, 2.75) is 45.4 Å². The lowest BCUT2D eigenvalue weighted by atomic mass is 9.92. The van der Waals surface area contributed by atoms with E-state index in [0.29, 0.717) is 24.1 Å². The summed E-state index contributed by atoms with van der Waals surface area (Å²) < 4.78 is 11.4. The van der Waals surface area contributed by atoms with Crippen LogP contribution in [-0.4, -0.2) is 30.6 Å². The molecule has 0 radical (unpaired) electrons. The second-order valence-corrected chi connectivity index (χ2v) is 7.36. The minimum absolute atomic E-state index is 0.0727. The Bertz CT molecular complexity index is 782. The Kier molecular flexibility index (Phi) is 6.87. The highest BCUT2D eigenvalue weighted by Gasteiger charge is 2.26. The van der Waals surface area contributed by atoms with Crippen LogP contribution in [0.5, 0.6) is 11.5 Å². The Labute approximate surface area is 166 Å². The number of amides is 1. The topological polar surface area (TPSA) is 72.5 Å². The fourth-order valence-electron chi connectivity index (χ4n) is 3.50. The van der Waals surface area contributed by atoms with Crippen LogP contribution in [0.15, 0.2) is 42.7 Å². The van der Waals surface area contributed by atoms with Crippen LogP contribution in [0.3, 0.4) is 0 Å². The van der Waals surface area contributed by atoms with Crippen molar-refractivity contribution in [3.05, 3.63) is 53.9 Å². The molecule has 2 aromatic rings. The summed E-state index contributed by atoms with van der Waals surface area (Å²) in [6, 6.07) is 9.92. The number of benzene rings is 1. The molecule has 0 saturated carbocycles. The van der Waals surface area contributed by atoms with Gasteiger partial charge in [0, 0.05) is 24.4 Å². The van der Waals surface area contributed by atoms with Crippen LogP contribution in [0.25, 0.3) is 0 Å². The summed E-state index contributed by atoms with van der Waals surface area (Å²) >= 11 is 0. The Morgan fingerprint density at radius 2 is 2.07 bits per heavy atom. The van der Waals surface area contributed by atoms with E-state index in [4.69, 9.17) is 9.47 Å². The Morgan fingerprint density at radius 3 is 2.79 bits per heavy atom. The minimum Gasteiger partial charge on any atom is -0.493 e. The van der Waals surface area contributed by atoms with E-state index in [1.54, 1.807) is 19.5 Å². The maximum atomic E-state index is 12.6. The number of methoxy groups -OCH3 is 1. The second kappa shape index (κ2) is 9.55. The molecule has 2 heterocycles. The molecule has 1 aliphatic rings. The minimum atomic E-state index is -0.0964. The van der Waals surface area contributed by atoms with Crippen molar-refractivity contribution in [2.24, 2.45) is 5.92 Å². The van der Waals surface area contributed by atoms with Gasteiger partial charge in [-0.15, -0.1) is 0 Å². The SMILES string of the molecule is COc1cc(C(C)NC(=O)[C@H]2CCN[C@@H](C)C2)ccc1OCc1ccncc1. The molecular weight excluding hydrogens is 354 g/mol. The van der Waals surface area contributed by atoms with Crippen LogP contribution < -0.4 is 20.1 Å². The number of carbonyl (C=O) groups is 1. The van der Waals surface area contributed by atoms with Gasteiger partial charge >= 0.3 is 0 Å². The summed E-state index contributed by atoms with van der Waals surface area (Å²) in [6.45, 7) is 5.45. The molecule has 1 aliphatic heterocycles. The first-order chi connectivity index (χ1) is 13.6. The molecule has 28 heavy (non-hydrogen) atoms. The number of nitrogens with one attached hydrogen (secondary N) is 2. The van der Waals surface area contributed by atoms with E-state index in [1.165, 1.54) is 0 Å². The van der Waals surface area contributed by atoms with E-state index in [2.05, 4.69) is 22.5 Å². The highest BCUT2D eigenvalue weighted by Crippen LogP contribution is 2.31. The van der Waals surface area contributed by atoms with Gasteiger partial charge in [0.05, 0.1) is 13.2 Å². The van der Waals surface area contributed by atoms with Crippen LogP contribution in [0.4, 0.5) is 0 Å². The molecule has 150 valence electrons. The van der Waals surface area contributed by atoms with Crippen LogP contribution >= 0.6 is 0 Å². The number of rotatable bonds is 7. The molecule has 0 bridgehead atoms. The van der Waals surface area contributed by atoms with Gasteiger partial charge < -0.3 is 20.1 Å². The predicted octanol–water partition coefficient (Wildman–Crippen LogP) is 3.23. The van der Waals surface area contributed by atoms with Gasteiger partial charge in [-0.05, 0) is 68.6 Å². The zero-order chi connectivity index (χ0) is 19.9. The molecule has 1 aromatic carbocycles. The molecule has 6 heteroatoms. The van der Waals surface area contributed by atoms with Crippen LogP contribution in [0.2, 0.25) is 0 Å². The van der Waals surface area contributed by atoms with Crippen LogP contribution in [0, 0.1) is 5.92 Å². The first-order valence-corrected chi connectivity index (χ1v) is 9.80. The number of aromatic nitrogens is 1. The molecule has 1 unspecified atom stereocenters. The van der Waals surface area contributed by atoms with E-state index in [9.17, 15) is 4.79 Å². The van der Waals surface area contributed by atoms with Crippen LogP contribution in [-0.2, 0) is 11.4 Å². The first-order valence-electron chi connectivity index (χ1n) is 9.80. The molecule has 2 N–H and O–H groups in total. The third kappa shape index (κ3) is 5.23. The molecule has 1 amide bonds. The standard InChI is InChI=1S/C22H29N3O3/c1-15-12-19(8-11-24-15)22(26)25-16(2)18-4-5-20(21(13-18)27-3)28-14-17-6-9-23-10-7-17/h4-7,9-10,13,15-16,19,24H,8,11-12,14H2,1-3H3,(H,25,26)/t15-,16?,19-/m0/s1. The normalized spacial score (nSPS) is 20.2. The molecule has 0 spiro atoms. The fourth-order valence-corrected chi connectivity index (χ4v) is 3.50. The van der Waals surface area contributed by atoms with Crippen molar-refractivity contribution in [1.82, 2.24) is 15.6 Å². The lowest BCUT2D eigenvalue weighted by molar-refractivity contribution is -0.126. The summed E-state index contributed by atoms with van der Waals surface area (Å²) in [5, 5.41) is 6.53. The lowest BCUT2D eigenvalue weighted by Crippen LogP contribution is -2.42. The maximum absolute atomic E-state index is 12.6. The van der Waals surface area contributed by atoms with Crippen molar-refractivity contribution < 1.29 is 14.3 Å². The average molecular weight is 383 g/mol. The third-order valence-electron chi connectivity index (χ3n) is 5.18. The number of piperidine rings is 1. The largest absolute Gasteiger partial charge is 0.493 e. The fraction of sp³-hybridized carbons (Fsp3) is 0.455. The Morgan fingerprint density at radius 1 is 1.29 bits per heavy atom. The van der Waals surface area contributed by atoms with Gasteiger partial charge in [0.1, 0.15) is 6.61 Å². The van der Waals surface area contributed by atoms with Crippen molar-refractivity contribution in [2.75, 3.05) is 13.7 Å². The van der Waals surface area contributed by atoms with E-state index in [1.807, 2.05) is 37.3 Å². The van der Waals surface area contributed by atoms with Gasteiger partial charge in [-0.1, -0.05) is 6.07 Å². The summed E-state index contributed by atoms with van der Waals surface area (Å²) in [4.78, 5) is 16.6. The zero-order valence-electron chi connectivity index (χ0n) is 16.8. The van der Waals surface area contributed by atoms with Gasteiger partial charge in [0.25, 0.3) is 0 Å². The number of ether oxygens (including phenoxy) is 2. The average Bonchev–Trinajstić information content (AvgIpc) is 2.72. The third-order valence-corrected chi connectivity index (χ3v) is 5.18. The quantitative estimate of drug-likeness (QED) is 0.768. The summed E-state index contributed by atoms with van der Waals surface area (Å²) in [5.41, 5.74) is 2.03. The molecule has 6 nitrogen and oxygen atoms in total. The van der Waals surface area contributed by atoms with E-state index < -0.39 is 0 Å². The molecule has 1 saturated heterocycles. The molecule has 1 aromatic heterocycles. The van der Waals surface area contributed by atoms with Gasteiger partial charge in [-0.3, -0.25) is 9.78 Å². The van der Waals surface area contributed by atoms with Crippen LogP contribution in [0.1, 0.15) is 43.9 Å². The lowest BCUT2D eigenvalue weighted by Gasteiger charge is -2.28. The molecule has 0 aliphatic carbocycles. The van der Waals surface area contributed by atoms with Crippen molar-refractivity contribution >= 4 is 5.91 Å². The molecule has 1 fully saturated rings. The number of pyridine rings is 1. The van der Waals surface area contributed by atoms with Crippen molar-refractivity contribution in [1.29, 1.82) is 0 Å². The van der Waals surface area contributed by atoms with Crippen molar-refractivity contribution in [3.63, 3.8) is 0 Å².